The molecule has 0 radical (unpaired) electrons. The van der Waals surface area contributed by atoms with Gasteiger partial charge >= 0.3 is 0 Å². The third-order valence-corrected chi connectivity index (χ3v) is 1.22. The predicted molar refractivity (Wildman–Crippen MR) is 32.7 cm³/mol. The van der Waals surface area contributed by atoms with Gasteiger partial charge in [0.25, 0.3) is 0 Å². The van der Waals surface area contributed by atoms with E-state index in [4.69, 9.17) is 5.26 Å². The van der Waals surface area contributed by atoms with E-state index in [9.17, 15) is 0 Å². The van der Waals surface area contributed by atoms with Gasteiger partial charge in [0.2, 0.25) is 0 Å². The zero-order chi connectivity index (χ0) is 6.41. The Morgan fingerprint density at radius 3 is 2.25 bits per heavy atom. The highest BCUT2D eigenvalue weighted by atomic mass is 17.1. The zero-order valence-electron chi connectivity index (χ0n) is 5.55. The molecule has 2 heteroatoms. The molecule has 0 rings (SSSR count). The van der Waals surface area contributed by atoms with E-state index in [0.717, 1.165) is 19.3 Å². The van der Waals surface area contributed by atoms with Crippen LogP contribution in [0.2, 0.25) is 0 Å². The Kier molecular flexibility index (Phi) is 5.01. The van der Waals surface area contributed by atoms with E-state index in [2.05, 4.69) is 11.8 Å². The minimum Gasteiger partial charge on any atom is -0.252 e. The number of hydrogen-bond acceptors (Lipinski definition) is 2. The van der Waals surface area contributed by atoms with Crippen LogP contribution in [-0.4, -0.2) is 11.4 Å². The molecule has 0 fully saturated rings. The molecule has 0 aromatic carbocycles. The number of rotatable bonds is 4. The maximum atomic E-state index is 8.16. The lowest BCUT2D eigenvalue weighted by Crippen LogP contribution is -2.07. The van der Waals surface area contributed by atoms with E-state index in [1.807, 2.05) is 6.92 Å². The molecular formula is C6H14O2. The molecule has 0 amide bonds. The van der Waals surface area contributed by atoms with Crippen LogP contribution in [0.25, 0.3) is 0 Å². The molecule has 0 aliphatic rings. The average Bonchev–Trinajstić information content (AvgIpc) is 1.83. The third kappa shape index (κ3) is 2.99. The molecule has 1 N–H and O–H groups in total. The molecule has 0 heterocycles. The van der Waals surface area contributed by atoms with Crippen LogP contribution < -0.4 is 0 Å². The van der Waals surface area contributed by atoms with Crippen LogP contribution in [0.5, 0.6) is 0 Å². The van der Waals surface area contributed by atoms with Crippen molar-refractivity contribution < 1.29 is 10.1 Å². The van der Waals surface area contributed by atoms with Crippen molar-refractivity contribution in [3.05, 3.63) is 0 Å². The second kappa shape index (κ2) is 5.06. The molecule has 0 bridgehead atoms. The fraction of sp³-hybridized carbons (Fsp3) is 1.00. The van der Waals surface area contributed by atoms with E-state index in [0.29, 0.717) is 0 Å². The first kappa shape index (κ1) is 7.92. The van der Waals surface area contributed by atoms with Gasteiger partial charge in [-0.05, 0) is 12.8 Å². The Hall–Kier alpha value is -0.0800. The van der Waals surface area contributed by atoms with Gasteiger partial charge in [-0.1, -0.05) is 20.3 Å². The molecule has 1 unspecified atom stereocenters. The molecule has 1 atom stereocenters. The smallest absolute Gasteiger partial charge is 0.0924 e. The van der Waals surface area contributed by atoms with Crippen molar-refractivity contribution in [2.45, 2.75) is 39.2 Å². The lowest BCUT2D eigenvalue weighted by Gasteiger charge is -2.06. The summed E-state index contributed by atoms with van der Waals surface area (Å²) in [5.74, 6) is 0. The molecule has 0 aliphatic heterocycles. The lowest BCUT2D eigenvalue weighted by atomic mass is 10.2. The maximum absolute atomic E-state index is 8.16. The molecule has 0 saturated heterocycles. The topological polar surface area (TPSA) is 29.5 Å². The summed E-state index contributed by atoms with van der Waals surface area (Å²) in [7, 11) is 0. The van der Waals surface area contributed by atoms with Crippen molar-refractivity contribution in [3.8, 4) is 0 Å². The van der Waals surface area contributed by atoms with Crippen molar-refractivity contribution in [2.75, 3.05) is 0 Å². The standard InChI is InChI=1S/C6H14O2/c1-3-5-6(4-2)8-7/h6-7H,3-5H2,1-2H3. The second-order valence-electron chi connectivity index (χ2n) is 1.92. The SMILES string of the molecule is CCCC(CC)OO. The van der Waals surface area contributed by atoms with Crippen molar-refractivity contribution in [3.63, 3.8) is 0 Å². The summed E-state index contributed by atoms with van der Waals surface area (Å²) in [4.78, 5) is 4.14. The van der Waals surface area contributed by atoms with Gasteiger partial charge in [0.1, 0.15) is 0 Å². The van der Waals surface area contributed by atoms with E-state index >= 15 is 0 Å². The Morgan fingerprint density at radius 1 is 1.50 bits per heavy atom. The van der Waals surface area contributed by atoms with E-state index in [1.54, 1.807) is 0 Å². The van der Waals surface area contributed by atoms with E-state index in [-0.39, 0.29) is 6.10 Å². The predicted octanol–water partition coefficient (Wildman–Crippen LogP) is 2.05. The summed E-state index contributed by atoms with van der Waals surface area (Å²) in [5.41, 5.74) is 0. The summed E-state index contributed by atoms with van der Waals surface area (Å²) in [6.07, 6.45) is 2.97. The van der Waals surface area contributed by atoms with Gasteiger partial charge in [-0.15, -0.1) is 0 Å². The molecule has 0 aromatic rings. The largest absolute Gasteiger partial charge is 0.252 e. The highest BCUT2D eigenvalue weighted by Gasteiger charge is 2.01. The average molecular weight is 118 g/mol. The van der Waals surface area contributed by atoms with Crippen LogP contribution >= 0.6 is 0 Å². The quantitative estimate of drug-likeness (QED) is 0.452. The molecule has 0 saturated carbocycles. The van der Waals surface area contributed by atoms with Crippen molar-refractivity contribution in [1.82, 2.24) is 0 Å². The monoisotopic (exact) mass is 118 g/mol. The van der Waals surface area contributed by atoms with Gasteiger partial charge in [-0.25, -0.2) is 4.89 Å². The highest BCUT2D eigenvalue weighted by molar-refractivity contribution is 4.49. The van der Waals surface area contributed by atoms with Crippen molar-refractivity contribution in [2.24, 2.45) is 0 Å². The summed E-state index contributed by atoms with van der Waals surface area (Å²) in [6, 6.07) is 0. The van der Waals surface area contributed by atoms with Crippen LogP contribution in [-0.2, 0) is 4.89 Å². The first-order chi connectivity index (χ1) is 3.85. The van der Waals surface area contributed by atoms with Crippen molar-refractivity contribution >= 4 is 0 Å². The minimum atomic E-state index is 0.0556. The van der Waals surface area contributed by atoms with Crippen LogP contribution in [0.3, 0.4) is 0 Å². The van der Waals surface area contributed by atoms with Gasteiger partial charge in [-0.3, -0.25) is 5.26 Å². The van der Waals surface area contributed by atoms with Gasteiger partial charge in [-0.2, -0.15) is 0 Å². The van der Waals surface area contributed by atoms with Gasteiger partial charge in [0.05, 0.1) is 6.10 Å². The number of hydrogen-bond donors (Lipinski definition) is 1. The summed E-state index contributed by atoms with van der Waals surface area (Å²) in [5, 5.41) is 8.16. The fourth-order valence-electron chi connectivity index (χ4n) is 0.653. The summed E-state index contributed by atoms with van der Waals surface area (Å²) < 4.78 is 0. The van der Waals surface area contributed by atoms with E-state index in [1.165, 1.54) is 0 Å². The van der Waals surface area contributed by atoms with Gasteiger partial charge < -0.3 is 0 Å². The van der Waals surface area contributed by atoms with Crippen LogP contribution in [0.4, 0.5) is 0 Å². The first-order valence-corrected chi connectivity index (χ1v) is 3.15. The third-order valence-electron chi connectivity index (χ3n) is 1.22. The lowest BCUT2D eigenvalue weighted by molar-refractivity contribution is -0.280. The van der Waals surface area contributed by atoms with Crippen LogP contribution in [0.15, 0.2) is 0 Å². The van der Waals surface area contributed by atoms with Gasteiger partial charge in [0, 0.05) is 0 Å². The van der Waals surface area contributed by atoms with Crippen LogP contribution in [0.1, 0.15) is 33.1 Å². The Balaban J connectivity index is 3.07. The molecular weight excluding hydrogens is 104 g/mol. The maximum Gasteiger partial charge on any atom is 0.0924 e. The molecule has 2 nitrogen and oxygen atoms in total. The summed E-state index contributed by atoms with van der Waals surface area (Å²) >= 11 is 0. The Bertz CT molecular complexity index is 41.8. The molecule has 50 valence electrons. The second-order valence-corrected chi connectivity index (χ2v) is 1.92. The molecule has 0 aliphatic carbocycles. The Labute approximate surface area is 50.4 Å². The molecule has 0 aromatic heterocycles. The van der Waals surface area contributed by atoms with E-state index < -0.39 is 0 Å². The summed E-state index contributed by atoms with van der Waals surface area (Å²) in [6.45, 7) is 4.07. The Morgan fingerprint density at radius 2 is 2.12 bits per heavy atom. The van der Waals surface area contributed by atoms with Crippen LogP contribution in [0, 0.1) is 0 Å². The van der Waals surface area contributed by atoms with Crippen molar-refractivity contribution in [1.29, 1.82) is 0 Å². The fourth-order valence-corrected chi connectivity index (χ4v) is 0.653. The molecule has 8 heavy (non-hydrogen) atoms. The first-order valence-electron chi connectivity index (χ1n) is 3.15. The zero-order valence-corrected chi connectivity index (χ0v) is 5.55. The normalized spacial score (nSPS) is 13.9. The highest BCUT2D eigenvalue weighted by Crippen LogP contribution is 2.03. The molecule has 0 spiro atoms. The minimum absolute atomic E-state index is 0.0556. The van der Waals surface area contributed by atoms with Gasteiger partial charge in [0.15, 0.2) is 0 Å².